The van der Waals surface area contributed by atoms with E-state index in [9.17, 15) is 10.1 Å². The number of hydrogen-bond donors (Lipinski definition) is 1. The molecule has 0 saturated carbocycles. The third-order valence-corrected chi connectivity index (χ3v) is 3.14. The summed E-state index contributed by atoms with van der Waals surface area (Å²) in [6, 6.07) is 8.34. The van der Waals surface area contributed by atoms with Crippen LogP contribution in [0.3, 0.4) is 0 Å². The van der Waals surface area contributed by atoms with Crippen molar-refractivity contribution in [2.75, 3.05) is 0 Å². The third kappa shape index (κ3) is 3.52. The molecule has 0 aliphatic heterocycles. The fraction of sp³-hybridized carbons (Fsp3) is 0.154. The monoisotopic (exact) mass is 337 g/mol. The van der Waals surface area contributed by atoms with Crippen molar-refractivity contribution >= 4 is 21.6 Å². The Labute approximate surface area is 123 Å². The van der Waals surface area contributed by atoms with Gasteiger partial charge in [-0.15, -0.1) is 0 Å². The largest absolute Gasteiger partial charge is 0.487 e. The number of halogens is 1. The lowest BCUT2D eigenvalue weighted by molar-refractivity contribution is -0.385. The number of hydrogen-bond acceptors (Lipinski definition) is 5. The summed E-state index contributed by atoms with van der Waals surface area (Å²) in [4.78, 5) is 14.6. The average Bonchev–Trinajstić information content (AvgIpc) is 2.46. The molecule has 20 heavy (non-hydrogen) atoms. The lowest BCUT2D eigenvalue weighted by Gasteiger charge is -2.07. The Kier molecular flexibility index (Phi) is 4.65. The van der Waals surface area contributed by atoms with Gasteiger partial charge in [0.15, 0.2) is 0 Å². The predicted octanol–water partition coefficient (Wildman–Crippen LogP) is 2.79. The van der Waals surface area contributed by atoms with Crippen LogP contribution in [0.4, 0.5) is 5.69 Å². The molecule has 6 nitrogen and oxygen atoms in total. The molecular formula is C13H12BrN3O3. The van der Waals surface area contributed by atoms with E-state index in [4.69, 9.17) is 10.5 Å². The number of nitrogens with zero attached hydrogens (tertiary/aromatic N) is 2. The van der Waals surface area contributed by atoms with Gasteiger partial charge in [0.25, 0.3) is 5.69 Å². The zero-order valence-corrected chi connectivity index (χ0v) is 12.0. The number of benzene rings is 1. The molecule has 0 spiro atoms. The van der Waals surface area contributed by atoms with Crippen LogP contribution < -0.4 is 10.5 Å². The van der Waals surface area contributed by atoms with Crippen molar-refractivity contribution < 1.29 is 9.66 Å². The van der Waals surface area contributed by atoms with Gasteiger partial charge in [-0.25, -0.2) is 0 Å². The normalized spacial score (nSPS) is 10.3. The van der Waals surface area contributed by atoms with Crippen LogP contribution in [0.25, 0.3) is 0 Å². The summed E-state index contributed by atoms with van der Waals surface area (Å²) in [5.74, 6) is 0.541. The van der Waals surface area contributed by atoms with Gasteiger partial charge in [-0.05, 0) is 24.3 Å². The van der Waals surface area contributed by atoms with Crippen LogP contribution in [0.5, 0.6) is 5.75 Å². The summed E-state index contributed by atoms with van der Waals surface area (Å²) in [7, 11) is 0. The Morgan fingerprint density at radius 3 is 2.75 bits per heavy atom. The van der Waals surface area contributed by atoms with E-state index in [1.165, 1.54) is 6.07 Å². The van der Waals surface area contributed by atoms with Crippen molar-refractivity contribution in [1.29, 1.82) is 0 Å². The van der Waals surface area contributed by atoms with E-state index >= 15 is 0 Å². The zero-order valence-electron chi connectivity index (χ0n) is 10.5. The van der Waals surface area contributed by atoms with E-state index < -0.39 is 4.92 Å². The molecule has 2 aromatic rings. The quantitative estimate of drug-likeness (QED) is 0.669. The number of ether oxygens (including phenoxy) is 1. The fourth-order valence-corrected chi connectivity index (χ4v) is 1.96. The van der Waals surface area contributed by atoms with Crippen LogP contribution in [-0.2, 0) is 13.2 Å². The van der Waals surface area contributed by atoms with Crippen LogP contribution in [0.1, 0.15) is 11.3 Å². The smallest absolute Gasteiger partial charge is 0.277 e. The minimum absolute atomic E-state index is 0.0194. The average molecular weight is 338 g/mol. The summed E-state index contributed by atoms with van der Waals surface area (Å²) >= 11 is 3.21. The summed E-state index contributed by atoms with van der Waals surface area (Å²) in [6.45, 7) is 0.464. The summed E-state index contributed by atoms with van der Waals surface area (Å²) in [6.07, 6.45) is 1.55. The topological polar surface area (TPSA) is 91.3 Å². The molecule has 0 aliphatic carbocycles. The highest BCUT2D eigenvalue weighted by Crippen LogP contribution is 2.24. The van der Waals surface area contributed by atoms with Crippen LogP contribution in [0.2, 0.25) is 0 Å². The molecule has 104 valence electrons. The first-order valence-electron chi connectivity index (χ1n) is 5.81. The van der Waals surface area contributed by atoms with Gasteiger partial charge in [-0.1, -0.05) is 15.9 Å². The lowest BCUT2D eigenvalue weighted by Crippen LogP contribution is -2.02. The first-order chi connectivity index (χ1) is 9.60. The first-order valence-corrected chi connectivity index (χ1v) is 6.60. The van der Waals surface area contributed by atoms with Gasteiger partial charge in [-0.2, -0.15) is 0 Å². The Morgan fingerprint density at radius 2 is 2.15 bits per heavy atom. The van der Waals surface area contributed by atoms with Crippen molar-refractivity contribution in [3.05, 3.63) is 62.4 Å². The fourth-order valence-electron chi connectivity index (χ4n) is 1.61. The number of nitro groups is 1. The molecular weight excluding hydrogens is 326 g/mol. The molecule has 0 saturated heterocycles. The first kappa shape index (κ1) is 14.4. The highest BCUT2D eigenvalue weighted by molar-refractivity contribution is 9.10. The van der Waals surface area contributed by atoms with Crippen LogP contribution in [0, 0.1) is 10.1 Å². The van der Waals surface area contributed by atoms with Gasteiger partial charge in [-0.3, -0.25) is 15.1 Å². The number of rotatable bonds is 5. The maximum absolute atomic E-state index is 11.0. The van der Waals surface area contributed by atoms with Crippen molar-refractivity contribution in [2.24, 2.45) is 5.73 Å². The Hall–Kier alpha value is -1.99. The van der Waals surface area contributed by atoms with E-state index in [1.54, 1.807) is 30.5 Å². The van der Waals surface area contributed by atoms with E-state index in [2.05, 4.69) is 20.9 Å². The van der Waals surface area contributed by atoms with E-state index in [-0.39, 0.29) is 12.3 Å². The van der Waals surface area contributed by atoms with Crippen molar-refractivity contribution in [2.45, 2.75) is 13.2 Å². The predicted molar refractivity (Wildman–Crippen MR) is 77.3 cm³/mol. The molecule has 0 amide bonds. The Balaban J connectivity index is 2.12. The molecule has 0 atom stereocenters. The number of aromatic nitrogens is 1. The van der Waals surface area contributed by atoms with Gasteiger partial charge < -0.3 is 10.5 Å². The van der Waals surface area contributed by atoms with Crippen molar-refractivity contribution in [3.8, 4) is 5.75 Å². The third-order valence-electron chi connectivity index (χ3n) is 2.65. The molecule has 7 heteroatoms. The number of pyridine rings is 1. The molecule has 0 aliphatic rings. The highest BCUT2D eigenvalue weighted by Gasteiger charge is 2.14. The SMILES string of the molecule is NCc1ccc(OCc2ccc(Br)cc2[N+](=O)[O-])cn1. The maximum Gasteiger partial charge on any atom is 0.277 e. The van der Waals surface area contributed by atoms with Crippen molar-refractivity contribution in [3.63, 3.8) is 0 Å². The molecule has 0 radical (unpaired) electrons. The van der Waals surface area contributed by atoms with Gasteiger partial charge in [0.05, 0.1) is 22.4 Å². The standard InChI is InChI=1S/C13H12BrN3O3/c14-10-2-1-9(13(5-10)17(18)19)8-20-12-4-3-11(6-15)16-7-12/h1-5,7H,6,8,15H2. The van der Waals surface area contributed by atoms with Crippen molar-refractivity contribution in [1.82, 2.24) is 4.98 Å². The number of nitrogens with two attached hydrogens (primary N) is 1. The van der Waals surface area contributed by atoms with Crippen LogP contribution in [0.15, 0.2) is 41.0 Å². The molecule has 0 bridgehead atoms. The maximum atomic E-state index is 11.0. The zero-order chi connectivity index (χ0) is 14.5. The van der Waals surface area contributed by atoms with Gasteiger partial charge >= 0.3 is 0 Å². The van der Waals surface area contributed by atoms with E-state index in [0.29, 0.717) is 22.3 Å². The Morgan fingerprint density at radius 1 is 1.35 bits per heavy atom. The lowest BCUT2D eigenvalue weighted by atomic mass is 10.2. The minimum atomic E-state index is -0.431. The molecule has 1 aromatic heterocycles. The molecule has 2 N–H and O–H groups in total. The van der Waals surface area contributed by atoms with Gasteiger partial charge in [0.1, 0.15) is 12.4 Å². The van der Waals surface area contributed by atoms with Crippen LogP contribution >= 0.6 is 15.9 Å². The molecule has 1 aromatic carbocycles. The van der Waals surface area contributed by atoms with Gasteiger partial charge in [0.2, 0.25) is 0 Å². The van der Waals surface area contributed by atoms with Gasteiger partial charge in [0, 0.05) is 17.1 Å². The minimum Gasteiger partial charge on any atom is -0.487 e. The molecule has 0 fully saturated rings. The molecule has 2 rings (SSSR count). The summed E-state index contributed by atoms with van der Waals surface area (Å²) in [5.41, 5.74) is 6.73. The molecule has 0 unspecified atom stereocenters. The molecule has 1 heterocycles. The van der Waals surface area contributed by atoms with E-state index in [1.807, 2.05) is 0 Å². The van der Waals surface area contributed by atoms with Crippen LogP contribution in [-0.4, -0.2) is 9.91 Å². The second-order valence-corrected chi connectivity index (χ2v) is 4.92. The second kappa shape index (κ2) is 6.44. The number of nitro benzene ring substituents is 1. The Bertz CT molecular complexity index is 617. The summed E-state index contributed by atoms with van der Waals surface area (Å²) in [5, 5.41) is 11.0. The highest BCUT2D eigenvalue weighted by atomic mass is 79.9. The summed E-state index contributed by atoms with van der Waals surface area (Å²) < 4.78 is 6.15. The van der Waals surface area contributed by atoms with E-state index in [0.717, 1.165) is 5.69 Å². The second-order valence-electron chi connectivity index (χ2n) is 4.01.